The van der Waals surface area contributed by atoms with E-state index >= 15 is 0 Å². The van der Waals surface area contributed by atoms with Crippen LogP contribution in [0.5, 0.6) is 11.5 Å². The molecular formula is C28H25NO6. The Kier molecular flexibility index (Phi) is 6.23. The van der Waals surface area contributed by atoms with E-state index in [4.69, 9.17) is 14.2 Å². The molecule has 0 aromatic heterocycles. The Balaban J connectivity index is 1.32. The number of rotatable bonds is 5. The highest BCUT2D eigenvalue weighted by Gasteiger charge is 2.29. The second-order valence-corrected chi connectivity index (χ2v) is 8.59. The highest BCUT2D eigenvalue weighted by atomic mass is 16.6. The lowest BCUT2D eigenvalue weighted by molar-refractivity contribution is -0.122. The molecule has 0 bridgehead atoms. The van der Waals surface area contributed by atoms with Gasteiger partial charge in [0, 0.05) is 22.9 Å². The molecular weight excluding hydrogens is 446 g/mol. The fourth-order valence-electron chi connectivity index (χ4n) is 4.54. The molecule has 3 aromatic rings. The molecule has 35 heavy (non-hydrogen) atoms. The smallest absolute Gasteiger partial charge is 0.339 e. The molecule has 2 heterocycles. The Morgan fingerprint density at radius 2 is 1.63 bits per heavy atom. The molecule has 0 fully saturated rings. The normalized spacial score (nSPS) is 16.3. The predicted octanol–water partition coefficient (Wildman–Crippen LogP) is 4.21. The summed E-state index contributed by atoms with van der Waals surface area (Å²) < 4.78 is 16.5. The Bertz CT molecular complexity index is 1300. The maximum Gasteiger partial charge on any atom is 0.339 e. The predicted molar refractivity (Wildman–Crippen MR) is 129 cm³/mol. The third kappa shape index (κ3) is 4.49. The first-order chi connectivity index (χ1) is 17.0. The number of benzene rings is 3. The Labute approximate surface area is 203 Å². The second kappa shape index (κ2) is 9.62. The number of ketones is 1. The van der Waals surface area contributed by atoms with E-state index in [1.807, 2.05) is 31.2 Å². The van der Waals surface area contributed by atoms with Crippen LogP contribution in [0.4, 0.5) is 5.69 Å². The largest absolute Gasteiger partial charge is 0.486 e. The van der Waals surface area contributed by atoms with Gasteiger partial charge < -0.3 is 19.1 Å². The molecule has 7 heteroatoms. The van der Waals surface area contributed by atoms with Crippen LogP contribution in [-0.4, -0.2) is 43.5 Å². The van der Waals surface area contributed by atoms with Gasteiger partial charge in [0.05, 0.1) is 5.56 Å². The fraction of sp³-hybridized carbons (Fsp3) is 0.250. The van der Waals surface area contributed by atoms with E-state index in [1.165, 1.54) is 6.07 Å². The van der Waals surface area contributed by atoms with Crippen molar-refractivity contribution in [3.63, 3.8) is 0 Å². The van der Waals surface area contributed by atoms with Crippen molar-refractivity contribution in [1.82, 2.24) is 0 Å². The van der Waals surface area contributed by atoms with Crippen LogP contribution >= 0.6 is 0 Å². The number of para-hydroxylation sites is 1. The van der Waals surface area contributed by atoms with Gasteiger partial charge in [0.2, 0.25) is 0 Å². The summed E-state index contributed by atoms with van der Waals surface area (Å²) >= 11 is 0. The average Bonchev–Trinajstić information content (AvgIpc) is 2.90. The van der Waals surface area contributed by atoms with Crippen molar-refractivity contribution in [3.8, 4) is 11.5 Å². The molecule has 2 aliphatic heterocycles. The van der Waals surface area contributed by atoms with Crippen molar-refractivity contribution in [2.45, 2.75) is 25.8 Å². The van der Waals surface area contributed by atoms with Crippen LogP contribution in [0.1, 0.15) is 45.2 Å². The van der Waals surface area contributed by atoms with Crippen molar-refractivity contribution in [3.05, 3.63) is 89.0 Å². The monoisotopic (exact) mass is 471 g/mol. The van der Waals surface area contributed by atoms with E-state index in [2.05, 4.69) is 0 Å². The summed E-state index contributed by atoms with van der Waals surface area (Å²) in [5, 5.41) is 0. The van der Waals surface area contributed by atoms with Crippen LogP contribution in [-0.2, 0) is 16.0 Å². The number of carbonyl (C=O) groups excluding carboxylic acids is 3. The quantitative estimate of drug-likeness (QED) is 0.410. The first kappa shape index (κ1) is 22.7. The van der Waals surface area contributed by atoms with Gasteiger partial charge in [-0.25, -0.2) is 4.79 Å². The Hall–Kier alpha value is -4.13. The average molecular weight is 472 g/mol. The minimum atomic E-state index is -0.724. The van der Waals surface area contributed by atoms with E-state index in [9.17, 15) is 14.4 Å². The molecule has 1 amide bonds. The van der Waals surface area contributed by atoms with E-state index in [1.54, 1.807) is 41.3 Å². The highest BCUT2D eigenvalue weighted by Crippen LogP contribution is 2.32. The minimum Gasteiger partial charge on any atom is -0.486 e. The van der Waals surface area contributed by atoms with E-state index in [0.29, 0.717) is 30.3 Å². The van der Waals surface area contributed by atoms with Gasteiger partial charge in [0.15, 0.2) is 23.9 Å². The number of esters is 1. The van der Waals surface area contributed by atoms with Crippen LogP contribution in [0.15, 0.2) is 66.7 Å². The maximum absolute atomic E-state index is 13.2. The number of ether oxygens (including phenoxy) is 3. The third-order valence-electron chi connectivity index (χ3n) is 6.31. The molecule has 178 valence electrons. The van der Waals surface area contributed by atoms with Gasteiger partial charge in [-0.15, -0.1) is 0 Å². The van der Waals surface area contributed by atoms with Crippen molar-refractivity contribution in [1.29, 1.82) is 0 Å². The standard InChI is InChI=1S/C28H25NO6/c1-18-10-11-19-6-2-5-9-23(19)29(18)26(30)17-35-28(32)22-8-4-3-7-21(22)27(31)20-12-13-24-25(16-20)34-15-14-33-24/h2-9,12-13,16,18H,10-11,14-15,17H2,1H3. The molecule has 0 saturated carbocycles. The zero-order valence-electron chi connectivity index (χ0n) is 19.4. The first-order valence-electron chi connectivity index (χ1n) is 11.6. The van der Waals surface area contributed by atoms with Gasteiger partial charge in [0.25, 0.3) is 5.91 Å². The number of hydrogen-bond donors (Lipinski definition) is 0. The van der Waals surface area contributed by atoms with Crippen LogP contribution in [0, 0.1) is 0 Å². The minimum absolute atomic E-state index is 0.000161. The van der Waals surface area contributed by atoms with E-state index < -0.39 is 12.6 Å². The Morgan fingerprint density at radius 1 is 0.914 bits per heavy atom. The number of carbonyl (C=O) groups is 3. The van der Waals surface area contributed by atoms with Crippen molar-refractivity contribution < 1.29 is 28.6 Å². The summed E-state index contributed by atoms with van der Waals surface area (Å²) in [5.74, 6) is -0.304. The molecule has 2 aliphatic rings. The van der Waals surface area contributed by atoms with Crippen LogP contribution in [0.25, 0.3) is 0 Å². The van der Waals surface area contributed by atoms with Crippen LogP contribution < -0.4 is 14.4 Å². The summed E-state index contributed by atoms with van der Waals surface area (Å²) in [6.07, 6.45) is 1.74. The van der Waals surface area contributed by atoms with Crippen molar-refractivity contribution in [2.75, 3.05) is 24.7 Å². The van der Waals surface area contributed by atoms with Crippen LogP contribution in [0.3, 0.4) is 0 Å². The molecule has 0 aliphatic carbocycles. The first-order valence-corrected chi connectivity index (χ1v) is 11.6. The van der Waals surface area contributed by atoms with Gasteiger partial charge in [-0.3, -0.25) is 9.59 Å². The van der Waals surface area contributed by atoms with Crippen LogP contribution in [0.2, 0.25) is 0 Å². The van der Waals surface area contributed by atoms with Gasteiger partial charge in [-0.05, 0) is 55.7 Å². The number of nitrogens with zero attached hydrogens (tertiary/aromatic N) is 1. The van der Waals surface area contributed by atoms with Gasteiger partial charge >= 0.3 is 5.97 Å². The lowest BCUT2D eigenvalue weighted by Gasteiger charge is -2.35. The molecule has 7 nitrogen and oxygen atoms in total. The number of amides is 1. The molecule has 1 atom stereocenters. The lowest BCUT2D eigenvalue weighted by Crippen LogP contribution is -2.44. The summed E-state index contributed by atoms with van der Waals surface area (Å²) in [6, 6.07) is 19.1. The SMILES string of the molecule is CC1CCc2ccccc2N1C(=O)COC(=O)c1ccccc1C(=O)c1ccc2c(c1)OCCO2. The molecule has 0 saturated heterocycles. The number of fused-ring (bicyclic) bond motifs is 2. The number of hydrogen-bond acceptors (Lipinski definition) is 6. The fourth-order valence-corrected chi connectivity index (χ4v) is 4.54. The molecule has 5 rings (SSSR count). The molecule has 0 spiro atoms. The van der Waals surface area contributed by atoms with Gasteiger partial charge in [0.1, 0.15) is 13.2 Å². The summed E-state index contributed by atoms with van der Waals surface area (Å²) in [5.41, 5.74) is 2.61. The molecule has 0 N–H and O–H groups in total. The topological polar surface area (TPSA) is 82.1 Å². The zero-order valence-corrected chi connectivity index (χ0v) is 19.4. The summed E-state index contributed by atoms with van der Waals surface area (Å²) in [7, 11) is 0. The van der Waals surface area contributed by atoms with Gasteiger partial charge in [-0.1, -0.05) is 36.4 Å². The lowest BCUT2D eigenvalue weighted by atomic mass is 9.96. The van der Waals surface area contributed by atoms with Crippen molar-refractivity contribution >= 4 is 23.3 Å². The molecule has 1 unspecified atom stereocenters. The third-order valence-corrected chi connectivity index (χ3v) is 6.31. The van der Waals surface area contributed by atoms with E-state index in [-0.39, 0.29) is 28.9 Å². The highest BCUT2D eigenvalue weighted by molar-refractivity contribution is 6.15. The maximum atomic E-state index is 13.2. The number of aryl methyl sites for hydroxylation is 1. The van der Waals surface area contributed by atoms with E-state index in [0.717, 1.165) is 24.1 Å². The van der Waals surface area contributed by atoms with Gasteiger partial charge in [-0.2, -0.15) is 0 Å². The Morgan fingerprint density at radius 3 is 2.46 bits per heavy atom. The van der Waals surface area contributed by atoms with Crippen molar-refractivity contribution in [2.24, 2.45) is 0 Å². The zero-order chi connectivity index (χ0) is 24.4. The summed E-state index contributed by atoms with van der Waals surface area (Å²) in [4.78, 5) is 40.9. The summed E-state index contributed by atoms with van der Waals surface area (Å²) in [6.45, 7) is 2.43. The molecule has 0 radical (unpaired) electrons. The number of anilines is 1. The second-order valence-electron chi connectivity index (χ2n) is 8.59. The molecule has 3 aromatic carbocycles.